The van der Waals surface area contributed by atoms with E-state index in [0.29, 0.717) is 22.1 Å². The summed E-state index contributed by atoms with van der Waals surface area (Å²) in [6, 6.07) is 12.0. The average Bonchev–Trinajstić information content (AvgIpc) is 2.49. The largest absolute Gasteiger partial charge is 0.484 e. The number of benzene rings is 2. The molecular weight excluding hydrogens is 316 g/mol. The first-order chi connectivity index (χ1) is 10.9. The molecule has 2 aromatic carbocycles. The van der Waals surface area contributed by atoms with Crippen LogP contribution in [0.25, 0.3) is 0 Å². The van der Waals surface area contributed by atoms with Gasteiger partial charge >= 0.3 is 0 Å². The normalized spacial score (nSPS) is 10.0. The van der Waals surface area contributed by atoms with Gasteiger partial charge in [-0.15, -0.1) is 0 Å². The van der Waals surface area contributed by atoms with Gasteiger partial charge in [0.1, 0.15) is 5.75 Å². The summed E-state index contributed by atoms with van der Waals surface area (Å²) in [6.07, 6.45) is 0. The van der Waals surface area contributed by atoms with E-state index in [1.807, 2.05) is 6.92 Å². The van der Waals surface area contributed by atoms with Crippen LogP contribution in [0.3, 0.4) is 0 Å². The number of carbonyl (C=O) groups excluding carboxylic acids is 2. The Kier molecular flexibility index (Phi) is 5.60. The molecule has 120 valence electrons. The second-order valence-electron chi connectivity index (χ2n) is 5.00. The number of hydrogen-bond donors (Lipinski definition) is 2. The summed E-state index contributed by atoms with van der Waals surface area (Å²) in [5.74, 6) is 0.162. The van der Waals surface area contributed by atoms with Crippen LogP contribution in [0.15, 0.2) is 42.5 Å². The summed E-state index contributed by atoms with van der Waals surface area (Å²) in [5.41, 5.74) is 2.21. The maximum Gasteiger partial charge on any atom is 0.262 e. The quantitative estimate of drug-likeness (QED) is 0.878. The molecule has 0 bridgehead atoms. The summed E-state index contributed by atoms with van der Waals surface area (Å²) in [4.78, 5) is 23.0. The third-order valence-electron chi connectivity index (χ3n) is 3.00. The van der Waals surface area contributed by atoms with E-state index < -0.39 is 0 Å². The van der Waals surface area contributed by atoms with E-state index >= 15 is 0 Å². The van der Waals surface area contributed by atoms with Crippen molar-refractivity contribution in [2.75, 3.05) is 17.2 Å². The van der Waals surface area contributed by atoms with Crippen molar-refractivity contribution >= 4 is 34.8 Å². The van der Waals surface area contributed by atoms with Crippen molar-refractivity contribution in [3.05, 3.63) is 53.1 Å². The molecule has 0 unspecified atom stereocenters. The van der Waals surface area contributed by atoms with E-state index in [0.717, 1.165) is 5.56 Å². The first kappa shape index (κ1) is 16.8. The molecule has 0 radical (unpaired) electrons. The van der Waals surface area contributed by atoms with E-state index in [9.17, 15) is 9.59 Å². The van der Waals surface area contributed by atoms with E-state index in [4.69, 9.17) is 16.3 Å². The molecule has 0 saturated heterocycles. The van der Waals surface area contributed by atoms with Crippen LogP contribution in [0.4, 0.5) is 11.4 Å². The smallest absolute Gasteiger partial charge is 0.262 e. The molecule has 0 heterocycles. The molecule has 0 aromatic heterocycles. The summed E-state index contributed by atoms with van der Waals surface area (Å²) in [7, 11) is 0. The van der Waals surface area contributed by atoms with Crippen LogP contribution in [0, 0.1) is 6.92 Å². The van der Waals surface area contributed by atoms with E-state index in [-0.39, 0.29) is 18.4 Å². The maximum absolute atomic E-state index is 11.9. The molecule has 0 atom stereocenters. The highest BCUT2D eigenvalue weighted by Gasteiger charge is 2.06. The number of amides is 2. The third-order valence-corrected chi connectivity index (χ3v) is 3.26. The van der Waals surface area contributed by atoms with Gasteiger partial charge in [-0.1, -0.05) is 11.6 Å². The van der Waals surface area contributed by atoms with Crippen molar-refractivity contribution in [2.45, 2.75) is 13.8 Å². The number of nitrogens with one attached hydrogen (secondary N) is 2. The maximum atomic E-state index is 11.9. The highest BCUT2D eigenvalue weighted by Crippen LogP contribution is 2.20. The Morgan fingerprint density at radius 2 is 1.78 bits per heavy atom. The van der Waals surface area contributed by atoms with Crippen LogP contribution in [0.1, 0.15) is 12.5 Å². The summed E-state index contributed by atoms with van der Waals surface area (Å²) < 4.78 is 5.37. The minimum Gasteiger partial charge on any atom is -0.484 e. The molecule has 0 aliphatic carbocycles. The number of carbonyl (C=O) groups is 2. The van der Waals surface area contributed by atoms with Crippen LogP contribution in [-0.2, 0) is 9.59 Å². The van der Waals surface area contributed by atoms with E-state index in [1.165, 1.54) is 6.92 Å². The van der Waals surface area contributed by atoms with Crippen molar-refractivity contribution in [3.8, 4) is 5.75 Å². The van der Waals surface area contributed by atoms with Gasteiger partial charge in [0.15, 0.2) is 6.61 Å². The Hall–Kier alpha value is -2.53. The molecule has 23 heavy (non-hydrogen) atoms. The zero-order valence-electron chi connectivity index (χ0n) is 12.9. The van der Waals surface area contributed by atoms with Crippen molar-refractivity contribution in [1.29, 1.82) is 0 Å². The number of aryl methyl sites for hydroxylation is 1. The molecule has 6 heteroatoms. The molecule has 0 spiro atoms. The highest BCUT2D eigenvalue weighted by atomic mass is 35.5. The Bertz CT molecular complexity index is 714. The fraction of sp³-hybridized carbons (Fsp3) is 0.176. The molecule has 2 amide bonds. The molecule has 2 aromatic rings. The van der Waals surface area contributed by atoms with Crippen molar-refractivity contribution < 1.29 is 14.3 Å². The molecule has 0 fully saturated rings. The standard InChI is InChI=1S/C17H17ClN2O3/c1-11-9-14(5-8-16(11)19-12(2)21)20-17(22)10-23-15-6-3-13(18)4-7-15/h3-9H,10H2,1-2H3,(H,19,21)(H,20,22). The zero-order valence-corrected chi connectivity index (χ0v) is 13.6. The van der Waals surface area contributed by atoms with Gasteiger partial charge in [-0.2, -0.15) is 0 Å². The van der Waals surface area contributed by atoms with Crippen molar-refractivity contribution in [2.24, 2.45) is 0 Å². The first-order valence-electron chi connectivity index (χ1n) is 7.00. The number of hydrogen-bond acceptors (Lipinski definition) is 3. The molecule has 0 aliphatic heterocycles. The van der Waals surface area contributed by atoms with E-state index in [2.05, 4.69) is 10.6 Å². The van der Waals surface area contributed by atoms with Crippen LogP contribution >= 0.6 is 11.6 Å². The fourth-order valence-electron chi connectivity index (χ4n) is 1.95. The van der Waals surface area contributed by atoms with Gasteiger partial charge in [0.2, 0.25) is 5.91 Å². The second-order valence-corrected chi connectivity index (χ2v) is 5.44. The lowest BCUT2D eigenvalue weighted by Gasteiger charge is -2.11. The first-order valence-corrected chi connectivity index (χ1v) is 7.38. The average molecular weight is 333 g/mol. The van der Waals surface area contributed by atoms with Gasteiger partial charge in [0.25, 0.3) is 5.91 Å². The minimum absolute atomic E-state index is 0.103. The fourth-order valence-corrected chi connectivity index (χ4v) is 2.07. The predicted molar refractivity (Wildman–Crippen MR) is 91.1 cm³/mol. The van der Waals surface area contributed by atoms with Crippen LogP contribution in [0.2, 0.25) is 5.02 Å². The zero-order chi connectivity index (χ0) is 16.8. The second kappa shape index (κ2) is 7.65. The van der Waals surface area contributed by atoms with Gasteiger partial charge in [-0.3, -0.25) is 9.59 Å². The van der Waals surface area contributed by atoms with E-state index in [1.54, 1.807) is 42.5 Å². The summed E-state index contributed by atoms with van der Waals surface area (Å²) in [6.45, 7) is 3.20. The van der Waals surface area contributed by atoms with Gasteiger partial charge < -0.3 is 15.4 Å². The molecule has 0 aliphatic rings. The van der Waals surface area contributed by atoms with Crippen LogP contribution in [0.5, 0.6) is 5.75 Å². The van der Waals surface area contributed by atoms with Crippen molar-refractivity contribution in [1.82, 2.24) is 0 Å². The topological polar surface area (TPSA) is 67.4 Å². The SMILES string of the molecule is CC(=O)Nc1ccc(NC(=O)COc2ccc(Cl)cc2)cc1C. The lowest BCUT2D eigenvalue weighted by Crippen LogP contribution is -2.20. The lowest BCUT2D eigenvalue weighted by atomic mass is 10.1. The molecule has 0 saturated carbocycles. The molecule has 2 N–H and O–H groups in total. The van der Waals surface area contributed by atoms with Crippen molar-refractivity contribution in [3.63, 3.8) is 0 Å². The van der Waals surface area contributed by atoms with Gasteiger partial charge in [-0.25, -0.2) is 0 Å². The number of rotatable bonds is 5. The number of anilines is 2. The highest BCUT2D eigenvalue weighted by molar-refractivity contribution is 6.30. The predicted octanol–water partition coefficient (Wildman–Crippen LogP) is 3.62. The Labute approximate surface area is 139 Å². The Balaban J connectivity index is 1.91. The third kappa shape index (κ3) is 5.30. The summed E-state index contributed by atoms with van der Waals surface area (Å²) in [5, 5.41) is 6.07. The van der Waals surface area contributed by atoms with Crippen LogP contribution in [-0.4, -0.2) is 18.4 Å². The van der Waals surface area contributed by atoms with Gasteiger partial charge in [0.05, 0.1) is 0 Å². The van der Waals surface area contributed by atoms with Gasteiger partial charge in [0, 0.05) is 23.3 Å². The monoisotopic (exact) mass is 332 g/mol. The molecule has 5 nitrogen and oxygen atoms in total. The minimum atomic E-state index is -0.272. The molecule has 2 rings (SSSR count). The lowest BCUT2D eigenvalue weighted by molar-refractivity contribution is -0.118. The Morgan fingerprint density at radius 1 is 1.09 bits per heavy atom. The number of ether oxygens (including phenoxy) is 1. The Morgan fingerprint density at radius 3 is 2.39 bits per heavy atom. The summed E-state index contributed by atoms with van der Waals surface area (Å²) >= 11 is 5.78. The number of halogens is 1. The molecular formula is C17H17ClN2O3. The van der Waals surface area contributed by atoms with Crippen LogP contribution < -0.4 is 15.4 Å². The van der Waals surface area contributed by atoms with Gasteiger partial charge in [-0.05, 0) is 55.0 Å².